The number of benzene rings is 2. The zero-order valence-electron chi connectivity index (χ0n) is 23.8. The number of allylic oxidation sites excluding steroid dienone is 7. The van der Waals surface area contributed by atoms with Crippen molar-refractivity contribution in [2.45, 2.75) is 69.0 Å². The lowest BCUT2D eigenvalue weighted by atomic mass is 9.78. The molecular weight excluding hydrogens is 512 g/mol. The van der Waals surface area contributed by atoms with Gasteiger partial charge in [0.25, 0.3) is 0 Å². The molecule has 3 aromatic rings. The van der Waals surface area contributed by atoms with Gasteiger partial charge in [-0.2, -0.15) is 10.5 Å². The van der Waals surface area contributed by atoms with E-state index in [1.54, 1.807) is 0 Å². The predicted molar refractivity (Wildman–Crippen MR) is 169 cm³/mol. The first kappa shape index (κ1) is 25.2. The minimum absolute atomic E-state index is 0.0829. The van der Waals surface area contributed by atoms with Gasteiger partial charge in [-0.15, -0.1) is 0 Å². The second kappa shape index (κ2) is 10.1. The number of fused-ring (bicyclic) bond motifs is 6. The van der Waals surface area contributed by atoms with Gasteiger partial charge in [0.2, 0.25) is 0 Å². The molecule has 1 aromatic heterocycles. The highest BCUT2D eigenvalue weighted by Gasteiger charge is 2.43. The summed E-state index contributed by atoms with van der Waals surface area (Å²) in [5.74, 6) is 0.530. The fourth-order valence-corrected chi connectivity index (χ4v) is 8.50. The van der Waals surface area contributed by atoms with Gasteiger partial charge in [0.1, 0.15) is 0 Å². The zero-order valence-corrected chi connectivity index (χ0v) is 23.8. The predicted octanol–water partition coefficient (Wildman–Crippen LogP) is 8.47. The monoisotopic (exact) mass is 546 g/mol. The number of aromatic nitrogens is 1. The third-order valence-electron chi connectivity index (χ3n) is 10.2. The summed E-state index contributed by atoms with van der Waals surface area (Å²) in [7, 11) is 0. The molecule has 2 aromatic carbocycles. The second-order valence-corrected chi connectivity index (χ2v) is 12.5. The molecule has 5 atom stereocenters. The van der Waals surface area contributed by atoms with E-state index in [-0.39, 0.29) is 18.0 Å². The molecule has 5 unspecified atom stereocenters. The van der Waals surface area contributed by atoms with Gasteiger partial charge in [-0.05, 0) is 61.4 Å². The number of rotatable bonds is 3. The Morgan fingerprint density at radius 1 is 0.857 bits per heavy atom. The molecule has 0 amide bonds. The van der Waals surface area contributed by atoms with Gasteiger partial charge in [-0.3, -0.25) is 0 Å². The maximum Gasteiger partial charge on any atom is 0.0948 e. The molecule has 1 aliphatic heterocycles. The number of para-hydroxylation sites is 2. The van der Waals surface area contributed by atoms with Crippen molar-refractivity contribution in [1.82, 2.24) is 4.57 Å². The fourth-order valence-electron chi connectivity index (χ4n) is 8.50. The minimum atomic E-state index is 0.0829. The number of nitriles is 2. The summed E-state index contributed by atoms with van der Waals surface area (Å²) in [5.41, 5.74) is 9.58. The molecule has 0 saturated carbocycles. The van der Waals surface area contributed by atoms with Gasteiger partial charge in [-0.1, -0.05) is 72.9 Å². The Bertz CT molecular complexity index is 1830. The van der Waals surface area contributed by atoms with Crippen LogP contribution in [0.5, 0.6) is 0 Å². The highest BCUT2D eigenvalue weighted by Crippen LogP contribution is 2.49. The van der Waals surface area contributed by atoms with Crippen molar-refractivity contribution >= 4 is 22.7 Å². The van der Waals surface area contributed by atoms with Crippen molar-refractivity contribution in [2.75, 3.05) is 4.90 Å². The van der Waals surface area contributed by atoms with Crippen LogP contribution in [0.25, 0.3) is 17.0 Å². The minimum Gasteiger partial charge on any atom is -0.364 e. The van der Waals surface area contributed by atoms with E-state index in [9.17, 15) is 10.5 Å². The van der Waals surface area contributed by atoms with Crippen LogP contribution in [0, 0.1) is 28.6 Å². The van der Waals surface area contributed by atoms with Gasteiger partial charge in [0, 0.05) is 75.8 Å². The summed E-state index contributed by atoms with van der Waals surface area (Å²) in [4.78, 5) is 2.67. The van der Waals surface area contributed by atoms with Crippen molar-refractivity contribution in [1.29, 1.82) is 10.5 Å². The quantitative estimate of drug-likeness (QED) is 0.310. The molecule has 0 radical (unpaired) electrons. The summed E-state index contributed by atoms with van der Waals surface area (Å²) >= 11 is 0. The lowest BCUT2D eigenvalue weighted by Crippen LogP contribution is -2.45. The maximum atomic E-state index is 10.2. The van der Waals surface area contributed by atoms with E-state index in [0.29, 0.717) is 18.4 Å². The number of hydrogen-bond acceptors (Lipinski definition) is 3. The second-order valence-electron chi connectivity index (χ2n) is 12.5. The van der Waals surface area contributed by atoms with Crippen molar-refractivity contribution in [2.24, 2.45) is 5.92 Å². The highest BCUT2D eigenvalue weighted by molar-refractivity contribution is 5.92. The summed E-state index contributed by atoms with van der Waals surface area (Å²) in [6.07, 6.45) is 22.8. The summed E-state index contributed by atoms with van der Waals surface area (Å²) in [5, 5.41) is 21.7. The van der Waals surface area contributed by atoms with Crippen molar-refractivity contribution in [3.8, 4) is 12.1 Å². The van der Waals surface area contributed by atoms with E-state index >= 15 is 0 Å². The van der Waals surface area contributed by atoms with E-state index < -0.39 is 0 Å². The van der Waals surface area contributed by atoms with Gasteiger partial charge >= 0.3 is 0 Å². The lowest BCUT2D eigenvalue weighted by Gasteiger charge is -2.41. The standard InChI is InChI=1S/C38H34N4/c39-23-25-17-27(21-29(19-25)41-35-13-5-1-9-31(35)32-10-2-6-14-36(32)41)28-18-26(24-40)20-30(22-28)42-37-15-7-3-11-33(37)34-12-4-8-16-38(34)42/h1-5,7,9-13,15,17-18,21,28-30,34,38H,6,8,14,16,19-20,22H2. The van der Waals surface area contributed by atoms with Crippen LogP contribution in [-0.4, -0.2) is 16.7 Å². The first-order chi connectivity index (χ1) is 20.7. The van der Waals surface area contributed by atoms with Crippen LogP contribution in [0.1, 0.15) is 67.3 Å². The molecule has 206 valence electrons. The average Bonchev–Trinajstić information content (AvgIpc) is 3.57. The van der Waals surface area contributed by atoms with Gasteiger partial charge in [0.15, 0.2) is 0 Å². The molecule has 2 heterocycles. The smallest absolute Gasteiger partial charge is 0.0948 e. The Hall–Kier alpha value is -4.54. The Labute approximate surface area is 247 Å². The molecule has 42 heavy (non-hydrogen) atoms. The molecule has 4 heteroatoms. The van der Waals surface area contributed by atoms with Gasteiger partial charge in [0.05, 0.1) is 18.2 Å². The number of nitrogens with zero attached hydrogens (tertiary/aromatic N) is 4. The molecule has 8 rings (SSSR count). The summed E-state index contributed by atoms with van der Waals surface area (Å²) in [6, 6.07) is 23.4. The summed E-state index contributed by atoms with van der Waals surface area (Å²) < 4.78 is 2.50. The first-order valence-corrected chi connectivity index (χ1v) is 15.5. The Balaban J connectivity index is 1.20. The van der Waals surface area contributed by atoms with Crippen LogP contribution in [0.2, 0.25) is 0 Å². The number of hydrogen-bond donors (Lipinski definition) is 0. The van der Waals surface area contributed by atoms with Crippen LogP contribution >= 0.6 is 0 Å². The lowest BCUT2D eigenvalue weighted by molar-refractivity contribution is 0.418. The van der Waals surface area contributed by atoms with Crippen molar-refractivity contribution in [3.63, 3.8) is 0 Å². The van der Waals surface area contributed by atoms with Crippen LogP contribution in [0.4, 0.5) is 5.69 Å². The van der Waals surface area contributed by atoms with Gasteiger partial charge in [-0.25, -0.2) is 0 Å². The number of anilines is 1. The Morgan fingerprint density at radius 3 is 2.62 bits per heavy atom. The van der Waals surface area contributed by atoms with Crippen LogP contribution < -0.4 is 4.90 Å². The maximum absolute atomic E-state index is 10.2. The first-order valence-electron chi connectivity index (χ1n) is 15.5. The fraction of sp³-hybridized carbons (Fsp3) is 0.316. The molecule has 0 fully saturated rings. The Morgan fingerprint density at radius 2 is 1.71 bits per heavy atom. The third kappa shape index (κ3) is 3.93. The van der Waals surface area contributed by atoms with Gasteiger partial charge < -0.3 is 9.47 Å². The molecule has 0 saturated heterocycles. The summed E-state index contributed by atoms with van der Waals surface area (Å²) in [6.45, 7) is 0. The topological polar surface area (TPSA) is 55.8 Å². The van der Waals surface area contributed by atoms with E-state index in [1.807, 2.05) is 0 Å². The molecule has 0 spiro atoms. The van der Waals surface area contributed by atoms with E-state index in [1.165, 1.54) is 39.0 Å². The zero-order chi connectivity index (χ0) is 28.2. The SMILES string of the molecule is N#CC1=CC(C2=CC(n3c4c(c5ccccc53)C=CCC4)CC(C#N)=C2)CC(N2c3ccccc3C3C=CCCC32)C1. The highest BCUT2D eigenvalue weighted by atomic mass is 15.2. The third-order valence-corrected chi connectivity index (χ3v) is 10.2. The molecule has 0 bridgehead atoms. The van der Waals surface area contributed by atoms with Crippen molar-refractivity contribution in [3.05, 3.63) is 119 Å². The van der Waals surface area contributed by atoms with E-state index in [2.05, 4.69) is 113 Å². The normalized spacial score (nSPS) is 27.7. The van der Waals surface area contributed by atoms with E-state index in [0.717, 1.165) is 49.7 Å². The Kier molecular flexibility index (Phi) is 6.04. The van der Waals surface area contributed by atoms with Crippen molar-refractivity contribution < 1.29 is 0 Å². The molecule has 4 aliphatic carbocycles. The van der Waals surface area contributed by atoms with Crippen LogP contribution in [-0.2, 0) is 6.42 Å². The largest absolute Gasteiger partial charge is 0.364 e. The molecular formula is C38H34N4. The molecule has 4 nitrogen and oxygen atoms in total. The molecule has 5 aliphatic rings. The van der Waals surface area contributed by atoms with E-state index in [4.69, 9.17) is 0 Å². The molecule has 0 N–H and O–H groups in total. The van der Waals surface area contributed by atoms with Crippen LogP contribution in [0.15, 0.2) is 102 Å². The average molecular weight is 547 g/mol. The van der Waals surface area contributed by atoms with Crippen LogP contribution in [0.3, 0.4) is 0 Å².